The Labute approximate surface area is 215 Å². The number of thioether (sulfide) groups is 1. The Balaban J connectivity index is 2.19. The third kappa shape index (κ3) is 5.18. The Hall–Kier alpha value is -3.14. The highest BCUT2D eigenvalue weighted by Gasteiger charge is 2.47. The molecule has 0 bridgehead atoms. The molecule has 9 nitrogen and oxygen atoms in total. The van der Waals surface area contributed by atoms with Gasteiger partial charge in [0.2, 0.25) is 5.75 Å². The number of rotatable bonds is 9. The molecule has 0 aromatic heterocycles. The van der Waals surface area contributed by atoms with Crippen molar-refractivity contribution < 1.29 is 38.4 Å². The minimum Gasteiger partial charge on any atom is -0.502 e. The summed E-state index contributed by atoms with van der Waals surface area (Å²) in [5.41, 5.74) is 2.21. The maximum atomic E-state index is 13.8. The zero-order valence-electron chi connectivity index (χ0n) is 21.4. The number of hydrogen-bond acceptors (Lipinski definition) is 10. The lowest BCUT2D eigenvalue weighted by molar-refractivity contribution is -0.151. The molecular formula is C26H33NO8S. The van der Waals surface area contributed by atoms with E-state index in [1.165, 1.54) is 21.3 Å². The van der Waals surface area contributed by atoms with E-state index in [0.717, 1.165) is 5.75 Å². The molecule has 0 spiro atoms. The highest BCUT2D eigenvalue weighted by molar-refractivity contribution is 7.99. The number of aromatic hydroxyl groups is 1. The number of benzene rings is 1. The van der Waals surface area contributed by atoms with Gasteiger partial charge in [-0.05, 0) is 42.7 Å². The van der Waals surface area contributed by atoms with Crippen molar-refractivity contribution in [1.29, 1.82) is 0 Å². The van der Waals surface area contributed by atoms with Crippen LogP contribution in [0.2, 0.25) is 0 Å². The number of carbonyl (C=O) groups excluding carboxylic acids is 3. The molecule has 196 valence electrons. The standard InChI is InChI=1S/C26H33NO8S/c1-7-36-9-8-35-26(31)20-14(3)27-16-10-13(2)19(25(30)34-6)24(29)22(16)21(20)15-11-17(32-4)23(28)18(12-15)33-5/h11-13,19,21,27-28H,7-10H2,1-6H3/t13-,19+,21+/m1/s1. The number of phenols is 1. The Kier molecular flexibility index (Phi) is 8.94. The lowest BCUT2D eigenvalue weighted by Gasteiger charge is -2.38. The molecule has 10 heteroatoms. The maximum absolute atomic E-state index is 13.8. The quantitative estimate of drug-likeness (QED) is 0.286. The average molecular weight is 520 g/mol. The van der Waals surface area contributed by atoms with Crippen LogP contribution in [-0.2, 0) is 23.9 Å². The van der Waals surface area contributed by atoms with Gasteiger partial charge < -0.3 is 29.4 Å². The number of allylic oxidation sites excluding steroid dienone is 3. The van der Waals surface area contributed by atoms with Gasteiger partial charge >= 0.3 is 11.9 Å². The van der Waals surface area contributed by atoms with E-state index in [1.54, 1.807) is 30.8 Å². The summed E-state index contributed by atoms with van der Waals surface area (Å²) >= 11 is 1.65. The van der Waals surface area contributed by atoms with Gasteiger partial charge in [0.05, 0.1) is 26.9 Å². The van der Waals surface area contributed by atoms with Crippen molar-refractivity contribution >= 4 is 29.5 Å². The monoisotopic (exact) mass is 519 g/mol. The van der Waals surface area contributed by atoms with Gasteiger partial charge in [-0.3, -0.25) is 9.59 Å². The summed E-state index contributed by atoms with van der Waals surface area (Å²) in [5, 5.41) is 13.7. The second-order valence-electron chi connectivity index (χ2n) is 8.64. The van der Waals surface area contributed by atoms with Crippen molar-refractivity contribution in [1.82, 2.24) is 5.32 Å². The van der Waals surface area contributed by atoms with Gasteiger partial charge in [0.15, 0.2) is 17.3 Å². The molecule has 0 radical (unpaired) electrons. The Bertz CT molecular complexity index is 1080. The maximum Gasteiger partial charge on any atom is 0.336 e. The zero-order chi connectivity index (χ0) is 26.6. The van der Waals surface area contributed by atoms with Crippen LogP contribution >= 0.6 is 11.8 Å². The summed E-state index contributed by atoms with van der Waals surface area (Å²) in [6, 6.07) is 3.12. The summed E-state index contributed by atoms with van der Waals surface area (Å²) in [6.07, 6.45) is 0.413. The molecule has 3 rings (SSSR count). The molecule has 1 heterocycles. The Morgan fingerprint density at radius 3 is 2.36 bits per heavy atom. The van der Waals surface area contributed by atoms with Crippen molar-refractivity contribution in [2.24, 2.45) is 11.8 Å². The molecule has 2 N–H and O–H groups in total. The van der Waals surface area contributed by atoms with Crippen LogP contribution < -0.4 is 14.8 Å². The fraction of sp³-hybridized carbons (Fsp3) is 0.500. The van der Waals surface area contributed by atoms with Crippen molar-refractivity contribution in [3.8, 4) is 17.2 Å². The number of carbonyl (C=O) groups is 3. The van der Waals surface area contributed by atoms with Crippen molar-refractivity contribution in [3.63, 3.8) is 0 Å². The van der Waals surface area contributed by atoms with Gasteiger partial charge in [-0.25, -0.2) is 4.79 Å². The predicted octanol–water partition coefficient (Wildman–Crippen LogP) is 3.32. The number of nitrogens with one attached hydrogen (secondary N) is 1. The minimum atomic E-state index is -1.00. The fourth-order valence-electron chi connectivity index (χ4n) is 4.78. The highest BCUT2D eigenvalue weighted by Crippen LogP contribution is 2.48. The van der Waals surface area contributed by atoms with Crippen LogP contribution in [0.15, 0.2) is 34.7 Å². The first kappa shape index (κ1) is 27.4. The summed E-state index contributed by atoms with van der Waals surface area (Å²) in [5.74, 6) is -2.20. The van der Waals surface area contributed by atoms with Crippen LogP contribution in [0.1, 0.15) is 38.7 Å². The van der Waals surface area contributed by atoms with E-state index < -0.39 is 29.6 Å². The second kappa shape index (κ2) is 11.7. The van der Waals surface area contributed by atoms with E-state index in [1.807, 2.05) is 13.8 Å². The van der Waals surface area contributed by atoms with Crippen molar-refractivity contribution in [2.75, 3.05) is 39.4 Å². The second-order valence-corrected chi connectivity index (χ2v) is 10.0. The molecule has 1 aliphatic heterocycles. The molecule has 1 aromatic carbocycles. The fourth-order valence-corrected chi connectivity index (χ4v) is 5.27. The molecule has 2 aliphatic rings. The SMILES string of the molecule is CCSCCOC(=O)C1=C(C)NC2=C(C(=O)[C@@H](C(=O)OC)[C@H](C)C2)[C@H]1c1cc(OC)c(O)c(OC)c1. The molecule has 0 saturated carbocycles. The van der Waals surface area contributed by atoms with E-state index in [0.29, 0.717) is 34.7 Å². The molecule has 0 saturated heterocycles. The molecule has 0 unspecified atom stereocenters. The molecule has 1 aliphatic carbocycles. The number of phenolic OH excluding ortho intramolecular Hbond substituents is 1. The van der Waals surface area contributed by atoms with E-state index >= 15 is 0 Å². The third-order valence-electron chi connectivity index (χ3n) is 6.46. The number of ketones is 1. The number of hydrogen-bond donors (Lipinski definition) is 2. The van der Waals surface area contributed by atoms with E-state index in [4.69, 9.17) is 18.9 Å². The third-order valence-corrected chi connectivity index (χ3v) is 7.33. The molecule has 36 heavy (non-hydrogen) atoms. The predicted molar refractivity (Wildman–Crippen MR) is 135 cm³/mol. The first-order valence-electron chi connectivity index (χ1n) is 11.7. The lowest BCUT2D eigenvalue weighted by atomic mass is 9.69. The van der Waals surface area contributed by atoms with E-state index in [2.05, 4.69) is 5.32 Å². The van der Waals surface area contributed by atoms with Crippen LogP contribution in [0, 0.1) is 11.8 Å². The highest BCUT2D eigenvalue weighted by atomic mass is 32.2. The van der Waals surface area contributed by atoms with Crippen LogP contribution in [-0.4, -0.2) is 62.3 Å². The van der Waals surface area contributed by atoms with Crippen LogP contribution in [0.4, 0.5) is 0 Å². The lowest BCUT2D eigenvalue weighted by Crippen LogP contribution is -2.43. The van der Waals surface area contributed by atoms with E-state index in [9.17, 15) is 19.5 Å². The zero-order valence-corrected chi connectivity index (χ0v) is 22.2. The topological polar surface area (TPSA) is 120 Å². The normalized spacial score (nSPS) is 21.5. The first-order chi connectivity index (χ1) is 17.2. The van der Waals surface area contributed by atoms with Crippen LogP contribution in [0.3, 0.4) is 0 Å². The van der Waals surface area contributed by atoms with E-state index in [-0.39, 0.29) is 35.3 Å². The van der Waals surface area contributed by atoms with Crippen LogP contribution in [0.5, 0.6) is 17.2 Å². The Morgan fingerprint density at radius 2 is 1.81 bits per heavy atom. The molecule has 3 atom stereocenters. The molecule has 1 aromatic rings. The summed E-state index contributed by atoms with van der Waals surface area (Å²) in [6.45, 7) is 5.81. The summed E-state index contributed by atoms with van der Waals surface area (Å²) in [4.78, 5) is 39.8. The summed E-state index contributed by atoms with van der Waals surface area (Å²) < 4.78 is 21.2. The minimum absolute atomic E-state index is 0.121. The van der Waals surface area contributed by atoms with Gasteiger partial charge in [0, 0.05) is 28.6 Å². The van der Waals surface area contributed by atoms with Crippen molar-refractivity contribution in [2.45, 2.75) is 33.1 Å². The first-order valence-corrected chi connectivity index (χ1v) is 12.9. The van der Waals surface area contributed by atoms with Gasteiger partial charge in [-0.1, -0.05) is 13.8 Å². The number of ether oxygens (including phenoxy) is 4. The number of Topliss-reactive ketones (excluding diaryl/α,β-unsaturated/α-hetero) is 1. The smallest absolute Gasteiger partial charge is 0.336 e. The van der Waals surface area contributed by atoms with Crippen molar-refractivity contribution in [3.05, 3.63) is 40.2 Å². The van der Waals surface area contributed by atoms with Gasteiger partial charge in [-0.15, -0.1) is 0 Å². The van der Waals surface area contributed by atoms with Gasteiger partial charge in [0.25, 0.3) is 0 Å². The number of methoxy groups -OCH3 is 3. The number of esters is 2. The summed E-state index contributed by atoms with van der Waals surface area (Å²) in [7, 11) is 4.04. The Morgan fingerprint density at radius 1 is 1.17 bits per heavy atom. The van der Waals surface area contributed by atoms with Crippen LogP contribution in [0.25, 0.3) is 0 Å². The van der Waals surface area contributed by atoms with Gasteiger partial charge in [-0.2, -0.15) is 11.8 Å². The number of dihydropyridines is 1. The van der Waals surface area contributed by atoms with Gasteiger partial charge in [0.1, 0.15) is 12.5 Å². The molecule has 0 amide bonds. The molecular weight excluding hydrogens is 486 g/mol. The molecule has 0 fully saturated rings. The average Bonchev–Trinajstić information content (AvgIpc) is 2.85. The largest absolute Gasteiger partial charge is 0.502 e.